The Hall–Kier alpha value is -1.71. The van der Waals surface area contributed by atoms with Gasteiger partial charge in [0.2, 0.25) is 10.0 Å². The van der Waals surface area contributed by atoms with Crippen LogP contribution < -0.4 is 4.90 Å². The van der Waals surface area contributed by atoms with Gasteiger partial charge in [0.25, 0.3) is 0 Å². The zero-order valence-electron chi connectivity index (χ0n) is 16.2. The van der Waals surface area contributed by atoms with Crippen molar-refractivity contribution in [2.24, 2.45) is 0 Å². The molecule has 0 radical (unpaired) electrons. The minimum absolute atomic E-state index is 0.239. The molecule has 0 spiro atoms. The van der Waals surface area contributed by atoms with E-state index in [0.29, 0.717) is 26.3 Å². The molecular formula is C20H25ClN4O3S. The Morgan fingerprint density at radius 2 is 1.76 bits per heavy atom. The van der Waals surface area contributed by atoms with E-state index >= 15 is 0 Å². The fraction of sp³-hybridized carbons (Fsp3) is 0.450. The molecule has 0 saturated carbocycles. The average molecular weight is 437 g/mol. The van der Waals surface area contributed by atoms with Gasteiger partial charge in [-0.1, -0.05) is 23.7 Å². The largest absolute Gasteiger partial charge is 0.379 e. The molecule has 0 unspecified atom stereocenters. The van der Waals surface area contributed by atoms with Gasteiger partial charge in [-0.05, 0) is 29.8 Å². The molecule has 2 saturated heterocycles. The molecule has 0 N–H and O–H groups in total. The number of rotatable bonds is 5. The summed E-state index contributed by atoms with van der Waals surface area (Å²) in [6.45, 7) is 6.06. The van der Waals surface area contributed by atoms with E-state index in [9.17, 15) is 8.42 Å². The van der Waals surface area contributed by atoms with E-state index in [1.165, 1.54) is 16.1 Å². The SMILES string of the molecule is O=S(=O)(c1ccc(N2CCN(Cc3cccc(Cl)c3)CC2)nc1)N1CCOCC1. The van der Waals surface area contributed by atoms with E-state index in [1.807, 2.05) is 18.2 Å². The van der Waals surface area contributed by atoms with Crippen LogP contribution in [0.1, 0.15) is 5.56 Å². The van der Waals surface area contributed by atoms with Crippen LogP contribution in [0.15, 0.2) is 47.5 Å². The Balaban J connectivity index is 1.35. The highest BCUT2D eigenvalue weighted by Gasteiger charge is 2.27. The second kappa shape index (κ2) is 8.97. The summed E-state index contributed by atoms with van der Waals surface area (Å²) in [6.07, 6.45) is 1.47. The zero-order chi connectivity index (χ0) is 20.3. The summed E-state index contributed by atoms with van der Waals surface area (Å²) in [6, 6.07) is 11.4. The lowest BCUT2D eigenvalue weighted by atomic mass is 10.2. The Labute approximate surface area is 176 Å². The first-order valence-electron chi connectivity index (χ1n) is 9.78. The summed E-state index contributed by atoms with van der Waals surface area (Å²) in [7, 11) is -3.50. The fourth-order valence-electron chi connectivity index (χ4n) is 3.68. The van der Waals surface area contributed by atoms with Crippen LogP contribution in [-0.2, 0) is 21.3 Å². The van der Waals surface area contributed by atoms with Crippen molar-refractivity contribution < 1.29 is 13.2 Å². The molecule has 2 aliphatic rings. The van der Waals surface area contributed by atoms with E-state index in [4.69, 9.17) is 16.3 Å². The van der Waals surface area contributed by atoms with Crippen LogP contribution in [0.2, 0.25) is 5.02 Å². The highest BCUT2D eigenvalue weighted by Crippen LogP contribution is 2.21. The maximum absolute atomic E-state index is 12.7. The van der Waals surface area contributed by atoms with Crippen molar-refractivity contribution in [3.05, 3.63) is 53.2 Å². The predicted octanol–water partition coefficient (Wildman–Crippen LogP) is 2.08. The van der Waals surface area contributed by atoms with Crippen molar-refractivity contribution in [2.45, 2.75) is 11.4 Å². The van der Waals surface area contributed by atoms with Crippen LogP contribution in [0.3, 0.4) is 0 Å². The second-order valence-electron chi connectivity index (χ2n) is 7.26. The number of hydrogen-bond donors (Lipinski definition) is 0. The molecule has 1 aromatic heterocycles. The maximum atomic E-state index is 12.7. The van der Waals surface area contributed by atoms with Gasteiger partial charge in [-0.3, -0.25) is 4.90 Å². The van der Waals surface area contributed by atoms with Crippen LogP contribution in [-0.4, -0.2) is 75.1 Å². The van der Waals surface area contributed by atoms with E-state index in [0.717, 1.165) is 43.6 Å². The van der Waals surface area contributed by atoms with Crippen molar-refractivity contribution in [1.29, 1.82) is 0 Å². The molecule has 4 rings (SSSR count). The third-order valence-corrected chi connectivity index (χ3v) is 7.44. The summed E-state index contributed by atoms with van der Waals surface area (Å²) >= 11 is 6.07. The minimum atomic E-state index is -3.50. The smallest absolute Gasteiger partial charge is 0.244 e. The van der Waals surface area contributed by atoms with Crippen molar-refractivity contribution in [1.82, 2.24) is 14.2 Å². The van der Waals surface area contributed by atoms with Gasteiger partial charge in [-0.2, -0.15) is 4.31 Å². The molecule has 2 fully saturated rings. The van der Waals surface area contributed by atoms with E-state index < -0.39 is 10.0 Å². The van der Waals surface area contributed by atoms with E-state index in [1.54, 1.807) is 12.1 Å². The first kappa shape index (κ1) is 20.6. The van der Waals surface area contributed by atoms with Crippen molar-refractivity contribution in [3.63, 3.8) is 0 Å². The molecular weight excluding hydrogens is 412 g/mol. The summed E-state index contributed by atoms with van der Waals surface area (Å²) in [5, 5.41) is 0.762. The zero-order valence-corrected chi connectivity index (χ0v) is 17.8. The van der Waals surface area contributed by atoms with Gasteiger partial charge >= 0.3 is 0 Å². The van der Waals surface area contributed by atoms with Gasteiger partial charge in [0.15, 0.2) is 0 Å². The third kappa shape index (κ3) is 4.90. The molecule has 156 valence electrons. The van der Waals surface area contributed by atoms with E-state index in [-0.39, 0.29) is 4.90 Å². The fourth-order valence-corrected chi connectivity index (χ4v) is 5.24. The minimum Gasteiger partial charge on any atom is -0.379 e. The summed E-state index contributed by atoms with van der Waals surface area (Å²) < 4.78 is 32.1. The number of pyridine rings is 1. The quantitative estimate of drug-likeness (QED) is 0.715. The highest BCUT2D eigenvalue weighted by molar-refractivity contribution is 7.89. The van der Waals surface area contributed by atoms with Crippen LogP contribution >= 0.6 is 11.6 Å². The van der Waals surface area contributed by atoms with Gasteiger partial charge in [0.1, 0.15) is 10.7 Å². The molecule has 2 aromatic rings. The highest BCUT2D eigenvalue weighted by atomic mass is 35.5. The molecule has 9 heteroatoms. The molecule has 29 heavy (non-hydrogen) atoms. The first-order valence-corrected chi connectivity index (χ1v) is 11.6. The van der Waals surface area contributed by atoms with Gasteiger partial charge < -0.3 is 9.64 Å². The molecule has 0 amide bonds. The molecule has 3 heterocycles. The Bertz CT molecular complexity index is 925. The third-order valence-electron chi connectivity index (χ3n) is 5.32. The Morgan fingerprint density at radius 3 is 2.41 bits per heavy atom. The average Bonchev–Trinajstić information content (AvgIpc) is 2.75. The van der Waals surface area contributed by atoms with Crippen molar-refractivity contribution in [2.75, 3.05) is 57.4 Å². The number of benzene rings is 1. The first-order chi connectivity index (χ1) is 14.0. The number of anilines is 1. The molecule has 0 aliphatic carbocycles. The van der Waals surface area contributed by atoms with Crippen LogP contribution in [0.5, 0.6) is 0 Å². The van der Waals surface area contributed by atoms with Gasteiger partial charge in [0.05, 0.1) is 13.2 Å². The summed E-state index contributed by atoms with van der Waals surface area (Å²) in [5.74, 6) is 0.813. The topological polar surface area (TPSA) is 66.0 Å². The Morgan fingerprint density at radius 1 is 1.00 bits per heavy atom. The number of piperazine rings is 1. The van der Waals surface area contributed by atoms with Gasteiger partial charge in [-0.25, -0.2) is 13.4 Å². The van der Waals surface area contributed by atoms with Crippen molar-refractivity contribution in [3.8, 4) is 0 Å². The second-order valence-corrected chi connectivity index (χ2v) is 9.64. The van der Waals surface area contributed by atoms with Crippen LogP contribution in [0, 0.1) is 0 Å². The number of morpholine rings is 1. The normalized spacial score (nSPS) is 19.4. The molecule has 7 nitrogen and oxygen atoms in total. The lowest BCUT2D eigenvalue weighted by Gasteiger charge is -2.35. The summed E-state index contributed by atoms with van der Waals surface area (Å²) in [5.41, 5.74) is 1.21. The monoisotopic (exact) mass is 436 g/mol. The number of nitrogens with zero attached hydrogens (tertiary/aromatic N) is 4. The number of aromatic nitrogens is 1. The predicted molar refractivity (Wildman–Crippen MR) is 113 cm³/mol. The molecule has 0 bridgehead atoms. The number of ether oxygens (including phenoxy) is 1. The molecule has 2 aliphatic heterocycles. The van der Waals surface area contributed by atoms with Crippen LogP contribution in [0.4, 0.5) is 5.82 Å². The van der Waals surface area contributed by atoms with Crippen molar-refractivity contribution >= 4 is 27.4 Å². The summed E-state index contributed by atoms with van der Waals surface area (Å²) in [4.78, 5) is 9.26. The number of hydrogen-bond acceptors (Lipinski definition) is 6. The van der Waals surface area contributed by atoms with Crippen LogP contribution in [0.25, 0.3) is 0 Å². The Kier molecular flexibility index (Phi) is 6.36. The maximum Gasteiger partial charge on any atom is 0.244 e. The number of sulfonamides is 1. The molecule has 0 atom stereocenters. The standard InChI is InChI=1S/C20H25ClN4O3S/c21-18-3-1-2-17(14-18)16-23-6-8-24(9-7-23)20-5-4-19(15-22-20)29(26,27)25-10-12-28-13-11-25/h1-5,14-15H,6-13,16H2. The van der Waals surface area contributed by atoms with Gasteiger partial charge in [0, 0.05) is 57.0 Å². The van der Waals surface area contributed by atoms with Gasteiger partial charge in [-0.15, -0.1) is 0 Å². The number of halogens is 1. The van der Waals surface area contributed by atoms with E-state index in [2.05, 4.69) is 20.9 Å². The lowest BCUT2D eigenvalue weighted by molar-refractivity contribution is 0.0730. The lowest BCUT2D eigenvalue weighted by Crippen LogP contribution is -2.46. The molecule has 1 aromatic carbocycles.